The third kappa shape index (κ3) is 4.06. The van der Waals surface area contributed by atoms with E-state index in [-0.39, 0.29) is 0 Å². The Hall–Kier alpha value is -5.21. The highest BCUT2D eigenvalue weighted by Crippen LogP contribution is 2.50. The van der Waals surface area contributed by atoms with E-state index >= 15 is 0 Å². The lowest BCUT2D eigenvalue weighted by Gasteiger charge is -2.33. The number of para-hydroxylation sites is 3. The van der Waals surface area contributed by atoms with Crippen LogP contribution in [0, 0.1) is 0 Å². The molecule has 1 aromatic heterocycles. The van der Waals surface area contributed by atoms with Gasteiger partial charge >= 0.3 is 0 Å². The van der Waals surface area contributed by atoms with Crippen LogP contribution in [0.15, 0.2) is 176 Å². The largest absolute Gasteiger partial charge is 0.306 e. The lowest BCUT2D eigenvalue weighted by Crippen LogP contribution is -2.24. The third-order valence-electron chi connectivity index (χ3n) is 9.17. The van der Waals surface area contributed by atoms with Crippen LogP contribution in [-0.4, -0.2) is 4.57 Å². The van der Waals surface area contributed by atoms with E-state index in [9.17, 15) is 0 Å². The molecule has 0 bridgehead atoms. The molecule has 1 aliphatic heterocycles. The minimum Gasteiger partial charge on any atom is -0.306 e. The van der Waals surface area contributed by atoms with Gasteiger partial charge in [-0.05, 0) is 69.5 Å². The highest BCUT2D eigenvalue weighted by atomic mass is 32.4. The average Bonchev–Trinajstić information content (AvgIpc) is 3.48. The van der Waals surface area contributed by atoms with Crippen molar-refractivity contribution in [2.24, 2.45) is 0 Å². The summed E-state index contributed by atoms with van der Waals surface area (Å²) < 4.78 is 2.44. The van der Waals surface area contributed by atoms with E-state index in [0.717, 1.165) is 22.5 Å². The second kappa shape index (κ2) is 10.7. The fourth-order valence-corrected chi connectivity index (χ4v) is 10.9. The molecular formula is C42H29N2PS. The normalized spacial score (nSPS) is 12.4. The zero-order valence-corrected chi connectivity index (χ0v) is 26.7. The predicted molar refractivity (Wildman–Crippen MR) is 201 cm³/mol. The van der Waals surface area contributed by atoms with Crippen molar-refractivity contribution >= 4 is 72.6 Å². The van der Waals surface area contributed by atoms with Gasteiger partial charge in [0.05, 0.1) is 28.1 Å². The molecule has 0 fully saturated rings. The van der Waals surface area contributed by atoms with Crippen LogP contribution < -0.4 is 20.8 Å². The molecule has 4 heteroatoms. The number of hydrogen-bond acceptors (Lipinski definition) is 2. The van der Waals surface area contributed by atoms with Crippen molar-refractivity contribution in [3.05, 3.63) is 176 Å². The summed E-state index contributed by atoms with van der Waals surface area (Å²) in [5.74, 6) is 0. The maximum absolute atomic E-state index is 6.71. The number of anilines is 3. The zero-order chi connectivity index (χ0) is 30.7. The van der Waals surface area contributed by atoms with Gasteiger partial charge in [-0.3, -0.25) is 0 Å². The molecule has 46 heavy (non-hydrogen) atoms. The number of aromatic nitrogens is 1. The molecule has 2 heterocycles. The summed E-state index contributed by atoms with van der Waals surface area (Å²) in [6.45, 7) is 0. The van der Waals surface area contributed by atoms with E-state index in [2.05, 4.69) is 185 Å². The van der Waals surface area contributed by atoms with E-state index < -0.39 is 6.04 Å². The van der Waals surface area contributed by atoms with Gasteiger partial charge in [-0.2, -0.15) is 0 Å². The van der Waals surface area contributed by atoms with Crippen molar-refractivity contribution in [3.8, 4) is 16.8 Å². The van der Waals surface area contributed by atoms with Gasteiger partial charge in [0, 0.05) is 22.5 Å². The summed E-state index contributed by atoms with van der Waals surface area (Å²) in [7, 11) is 0. The SMILES string of the molecule is S=P(c1ccccc1)(c1ccccc1)c1cccc(-c2ccc3c(c2)N(c2ccccc2)c2cccc4c5ccccc5n-3c24)c1. The first-order chi connectivity index (χ1) is 22.7. The summed E-state index contributed by atoms with van der Waals surface area (Å²) in [5, 5.41) is 6.13. The van der Waals surface area contributed by atoms with Gasteiger partial charge in [-0.25, -0.2) is 0 Å². The Balaban J connectivity index is 1.27. The van der Waals surface area contributed by atoms with Gasteiger partial charge in [-0.15, -0.1) is 0 Å². The number of hydrogen-bond donors (Lipinski definition) is 0. The van der Waals surface area contributed by atoms with Gasteiger partial charge in [-0.1, -0.05) is 145 Å². The third-order valence-corrected chi connectivity index (χ3v) is 14.1. The summed E-state index contributed by atoms with van der Waals surface area (Å²) >= 11 is 6.71. The van der Waals surface area contributed by atoms with Crippen LogP contribution in [0.2, 0.25) is 0 Å². The van der Waals surface area contributed by atoms with E-state index in [1.54, 1.807) is 0 Å². The molecule has 2 nitrogen and oxygen atoms in total. The van der Waals surface area contributed by atoms with E-state index in [4.69, 9.17) is 11.8 Å². The van der Waals surface area contributed by atoms with Crippen LogP contribution in [0.3, 0.4) is 0 Å². The van der Waals surface area contributed by atoms with Crippen LogP contribution in [0.5, 0.6) is 0 Å². The fraction of sp³-hybridized carbons (Fsp3) is 0. The monoisotopic (exact) mass is 624 g/mol. The number of rotatable bonds is 5. The second-order valence-corrected chi connectivity index (χ2v) is 16.1. The average molecular weight is 625 g/mol. The molecule has 0 N–H and O–H groups in total. The van der Waals surface area contributed by atoms with Crippen LogP contribution in [-0.2, 0) is 11.8 Å². The molecule has 7 aromatic carbocycles. The molecule has 8 aromatic rings. The molecule has 0 saturated carbocycles. The van der Waals surface area contributed by atoms with Gasteiger partial charge in [0.2, 0.25) is 0 Å². The molecule has 0 spiro atoms. The zero-order valence-electron chi connectivity index (χ0n) is 25.0. The second-order valence-electron chi connectivity index (χ2n) is 11.7. The van der Waals surface area contributed by atoms with Crippen molar-refractivity contribution in [3.63, 3.8) is 0 Å². The first-order valence-corrected chi connectivity index (χ1v) is 18.4. The Morgan fingerprint density at radius 1 is 0.413 bits per heavy atom. The topological polar surface area (TPSA) is 8.17 Å². The maximum Gasteiger partial charge on any atom is 0.0783 e. The molecule has 0 aliphatic carbocycles. The molecule has 0 radical (unpaired) electrons. The molecule has 0 amide bonds. The summed E-state index contributed by atoms with van der Waals surface area (Å²) in [6.07, 6.45) is 0. The molecule has 218 valence electrons. The minimum atomic E-state index is -2.28. The van der Waals surface area contributed by atoms with Gasteiger partial charge in [0.1, 0.15) is 0 Å². The summed E-state index contributed by atoms with van der Waals surface area (Å²) in [6, 6.07) is 61.0. The smallest absolute Gasteiger partial charge is 0.0783 e. The lowest BCUT2D eigenvalue weighted by molar-refractivity contribution is 1.11. The Morgan fingerprint density at radius 2 is 1.00 bits per heavy atom. The highest BCUT2D eigenvalue weighted by molar-refractivity contribution is 8.25. The van der Waals surface area contributed by atoms with Crippen molar-refractivity contribution in [2.75, 3.05) is 4.90 Å². The molecule has 9 rings (SSSR count). The van der Waals surface area contributed by atoms with Crippen molar-refractivity contribution < 1.29 is 0 Å². The van der Waals surface area contributed by atoms with Crippen LogP contribution in [0.1, 0.15) is 0 Å². The van der Waals surface area contributed by atoms with Crippen LogP contribution >= 0.6 is 6.04 Å². The van der Waals surface area contributed by atoms with Gasteiger partial charge < -0.3 is 9.47 Å². The number of nitrogens with zero attached hydrogens (tertiary/aromatic N) is 2. The van der Waals surface area contributed by atoms with E-state index in [1.165, 1.54) is 49.1 Å². The van der Waals surface area contributed by atoms with E-state index in [1.807, 2.05) is 0 Å². The molecular weight excluding hydrogens is 596 g/mol. The minimum absolute atomic E-state index is 1.14. The standard InChI is InChI=1S/C42H29N2PS/c46-45(33-17-6-2-7-18-33,34-19-8-3-9-20-34)35-21-12-14-30(28-35)31-26-27-39-41(29-31)43(32-15-4-1-5-16-32)40-25-13-23-37-36-22-10-11-24-38(36)44(39)42(37)40/h1-29H. The Kier molecular flexibility index (Phi) is 6.31. The Bertz CT molecular complexity index is 2410. The first kappa shape index (κ1) is 27.1. The molecule has 0 atom stereocenters. The van der Waals surface area contributed by atoms with Crippen LogP contribution in [0.4, 0.5) is 17.1 Å². The number of benzene rings is 7. The molecule has 0 saturated heterocycles. The Morgan fingerprint density at radius 3 is 1.74 bits per heavy atom. The van der Waals surface area contributed by atoms with Crippen molar-refractivity contribution in [2.45, 2.75) is 0 Å². The predicted octanol–water partition coefficient (Wildman–Crippen LogP) is 9.99. The van der Waals surface area contributed by atoms with Gasteiger partial charge in [0.25, 0.3) is 0 Å². The molecule has 1 aliphatic rings. The summed E-state index contributed by atoms with van der Waals surface area (Å²) in [5.41, 5.74) is 9.44. The fourth-order valence-electron chi connectivity index (χ4n) is 7.09. The van der Waals surface area contributed by atoms with Crippen LogP contribution in [0.25, 0.3) is 38.6 Å². The Labute approximate surface area is 273 Å². The van der Waals surface area contributed by atoms with Gasteiger partial charge in [0.15, 0.2) is 0 Å². The van der Waals surface area contributed by atoms with Crippen molar-refractivity contribution in [1.82, 2.24) is 4.57 Å². The highest BCUT2D eigenvalue weighted by Gasteiger charge is 2.29. The van der Waals surface area contributed by atoms with Crippen molar-refractivity contribution in [1.29, 1.82) is 0 Å². The van der Waals surface area contributed by atoms with E-state index in [0.29, 0.717) is 0 Å². The lowest BCUT2D eigenvalue weighted by atomic mass is 10.0. The number of fused-ring (bicyclic) bond motifs is 5. The maximum atomic E-state index is 6.71. The quantitative estimate of drug-likeness (QED) is 0.176. The first-order valence-electron chi connectivity index (χ1n) is 15.6. The molecule has 0 unspecified atom stereocenters. The summed E-state index contributed by atoms with van der Waals surface area (Å²) in [4.78, 5) is 2.42.